The molecule has 1 amide bonds. The van der Waals surface area contributed by atoms with Crippen molar-refractivity contribution in [3.8, 4) is 0 Å². The van der Waals surface area contributed by atoms with Gasteiger partial charge in [0.15, 0.2) is 0 Å². The molecule has 0 spiro atoms. The van der Waals surface area contributed by atoms with Crippen molar-refractivity contribution in [3.05, 3.63) is 12.7 Å². The Morgan fingerprint density at radius 3 is 2.77 bits per heavy atom. The number of hydrogen-bond donors (Lipinski definition) is 1. The Kier molecular flexibility index (Phi) is 7.74. The molecule has 0 aromatic heterocycles. The molecule has 3 nitrogen and oxygen atoms in total. The smallest absolute Gasteiger partial charge is 0.222 e. The SMILES string of the molecule is C=CCN(CCO)C(=O)CCCCl. The summed E-state index contributed by atoms with van der Waals surface area (Å²) in [5.41, 5.74) is 0. The average Bonchev–Trinajstić information content (AvgIpc) is 2.14. The third kappa shape index (κ3) is 5.66. The summed E-state index contributed by atoms with van der Waals surface area (Å²) in [4.78, 5) is 13.0. The van der Waals surface area contributed by atoms with Crippen molar-refractivity contribution in [3.63, 3.8) is 0 Å². The quantitative estimate of drug-likeness (QED) is 0.498. The van der Waals surface area contributed by atoms with Gasteiger partial charge in [0.1, 0.15) is 0 Å². The second kappa shape index (κ2) is 8.08. The van der Waals surface area contributed by atoms with Crippen molar-refractivity contribution in [2.24, 2.45) is 0 Å². The fourth-order valence-electron chi connectivity index (χ4n) is 0.971. The Hall–Kier alpha value is -0.540. The molecule has 13 heavy (non-hydrogen) atoms. The van der Waals surface area contributed by atoms with E-state index in [-0.39, 0.29) is 12.5 Å². The van der Waals surface area contributed by atoms with Crippen LogP contribution >= 0.6 is 11.6 Å². The molecule has 4 heteroatoms. The summed E-state index contributed by atoms with van der Waals surface area (Å²) in [5.74, 6) is 0.516. The summed E-state index contributed by atoms with van der Waals surface area (Å²) in [6, 6.07) is 0. The van der Waals surface area contributed by atoms with Gasteiger partial charge in [0, 0.05) is 25.4 Å². The fourth-order valence-corrected chi connectivity index (χ4v) is 1.10. The first-order chi connectivity index (χ1) is 6.26. The predicted molar refractivity (Wildman–Crippen MR) is 53.8 cm³/mol. The fraction of sp³-hybridized carbons (Fsp3) is 0.667. The maximum Gasteiger partial charge on any atom is 0.222 e. The molecular weight excluding hydrogens is 190 g/mol. The van der Waals surface area contributed by atoms with Crippen molar-refractivity contribution >= 4 is 17.5 Å². The van der Waals surface area contributed by atoms with Crippen LogP contribution in [0.2, 0.25) is 0 Å². The Labute approximate surface area is 84.0 Å². The molecule has 0 aliphatic rings. The maximum absolute atomic E-state index is 11.4. The van der Waals surface area contributed by atoms with E-state index in [2.05, 4.69) is 6.58 Å². The highest BCUT2D eigenvalue weighted by Gasteiger charge is 2.09. The molecule has 1 N–H and O–H groups in total. The van der Waals surface area contributed by atoms with Crippen LogP contribution in [0.25, 0.3) is 0 Å². The topological polar surface area (TPSA) is 40.5 Å². The minimum absolute atomic E-state index is 0.0134. The number of hydrogen-bond acceptors (Lipinski definition) is 2. The van der Waals surface area contributed by atoms with Gasteiger partial charge in [-0.05, 0) is 6.42 Å². The number of aliphatic hydroxyl groups excluding tert-OH is 1. The summed E-state index contributed by atoms with van der Waals surface area (Å²) in [6.45, 7) is 4.39. The van der Waals surface area contributed by atoms with Crippen molar-refractivity contribution in [2.45, 2.75) is 12.8 Å². The summed E-state index contributed by atoms with van der Waals surface area (Å²) in [5, 5.41) is 8.68. The Balaban J connectivity index is 3.87. The van der Waals surface area contributed by atoms with Gasteiger partial charge < -0.3 is 10.0 Å². The van der Waals surface area contributed by atoms with E-state index >= 15 is 0 Å². The largest absolute Gasteiger partial charge is 0.395 e. The molecule has 0 radical (unpaired) electrons. The lowest BCUT2D eigenvalue weighted by molar-refractivity contribution is -0.131. The second-order valence-electron chi connectivity index (χ2n) is 2.64. The number of aliphatic hydroxyl groups is 1. The van der Waals surface area contributed by atoms with Crippen LogP contribution in [0.5, 0.6) is 0 Å². The highest BCUT2D eigenvalue weighted by molar-refractivity contribution is 6.17. The molecule has 0 aliphatic carbocycles. The Morgan fingerprint density at radius 1 is 1.62 bits per heavy atom. The lowest BCUT2D eigenvalue weighted by atomic mass is 10.3. The van der Waals surface area contributed by atoms with Crippen LogP contribution in [-0.2, 0) is 4.79 Å². The maximum atomic E-state index is 11.4. The van der Waals surface area contributed by atoms with E-state index in [0.29, 0.717) is 31.8 Å². The summed E-state index contributed by atoms with van der Waals surface area (Å²) in [7, 11) is 0. The zero-order valence-corrected chi connectivity index (χ0v) is 8.46. The van der Waals surface area contributed by atoms with Crippen molar-refractivity contribution in [2.75, 3.05) is 25.6 Å². The minimum atomic E-state index is -0.0134. The minimum Gasteiger partial charge on any atom is -0.395 e. The monoisotopic (exact) mass is 205 g/mol. The third-order valence-electron chi connectivity index (χ3n) is 1.60. The van der Waals surface area contributed by atoms with Gasteiger partial charge in [0.05, 0.1) is 6.61 Å². The van der Waals surface area contributed by atoms with E-state index < -0.39 is 0 Å². The summed E-state index contributed by atoms with van der Waals surface area (Å²) in [6.07, 6.45) is 2.77. The molecule has 0 atom stereocenters. The molecule has 0 unspecified atom stereocenters. The van der Waals surface area contributed by atoms with E-state index in [1.165, 1.54) is 0 Å². The highest BCUT2D eigenvalue weighted by Crippen LogP contribution is 1.99. The second-order valence-corrected chi connectivity index (χ2v) is 3.02. The molecule has 0 rings (SSSR count). The van der Waals surface area contributed by atoms with Crippen LogP contribution in [0.15, 0.2) is 12.7 Å². The Morgan fingerprint density at radius 2 is 2.31 bits per heavy atom. The number of amides is 1. The van der Waals surface area contributed by atoms with Crippen LogP contribution in [0.1, 0.15) is 12.8 Å². The van der Waals surface area contributed by atoms with Gasteiger partial charge in [-0.3, -0.25) is 4.79 Å². The lowest BCUT2D eigenvalue weighted by Gasteiger charge is -2.19. The first kappa shape index (κ1) is 12.5. The molecular formula is C9H16ClNO2. The van der Waals surface area contributed by atoms with E-state index in [1.807, 2.05) is 0 Å². The van der Waals surface area contributed by atoms with Crippen LogP contribution < -0.4 is 0 Å². The van der Waals surface area contributed by atoms with Crippen LogP contribution in [0, 0.1) is 0 Å². The molecule has 0 saturated carbocycles. The van der Waals surface area contributed by atoms with Crippen LogP contribution in [0.3, 0.4) is 0 Å². The number of halogens is 1. The first-order valence-electron chi connectivity index (χ1n) is 4.31. The van der Waals surface area contributed by atoms with Gasteiger partial charge >= 0.3 is 0 Å². The van der Waals surface area contributed by atoms with Gasteiger partial charge in [-0.25, -0.2) is 0 Å². The van der Waals surface area contributed by atoms with E-state index in [4.69, 9.17) is 16.7 Å². The van der Waals surface area contributed by atoms with Crippen LogP contribution in [-0.4, -0.2) is 41.5 Å². The van der Waals surface area contributed by atoms with Crippen molar-refractivity contribution < 1.29 is 9.90 Å². The van der Waals surface area contributed by atoms with Gasteiger partial charge in [-0.15, -0.1) is 18.2 Å². The molecule has 0 aromatic carbocycles. The normalized spacial score (nSPS) is 9.69. The van der Waals surface area contributed by atoms with Crippen molar-refractivity contribution in [1.29, 1.82) is 0 Å². The number of carbonyl (C=O) groups excluding carboxylic acids is 1. The van der Waals surface area contributed by atoms with Gasteiger partial charge in [0.2, 0.25) is 5.91 Å². The zero-order valence-electron chi connectivity index (χ0n) is 7.71. The molecule has 0 aromatic rings. The standard InChI is InChI=1S/C9H16ClNO2/c1-2-6-11(7-8-12)9(13)4-3-5-10/h2,12H,1,3-8H2. The molecule has 0 saturated heterocycles. The van der Waals surface area contributed by atoms with Gasteiger partial charge in [0.25, 0.3) is 0 Å². The number of carbonyl (C=O) groups is 1. The van der Waals surface area contributed by atoms with E-state index in [1.54, 1.807) is 11.0 Å². The van der Waals surface area contributed by atoms with Gasteiger partial charge in [-0.2, -0.15) is 0 Å². The van der Waals surface area contributed by atoms with Gasteiger partial charge in [-0.1, -0.05) is 6.08 Å². The molecule has 0 bridgehead atoms. The molecule has 0 heterocycles. The zero-order chi connectivity index (χ0) is 10.1. The predicted octanol–water partition coefficient (Wildman–Crippen LogP) is 1.01. The number of rotatable bonds is 7. The number of nitrogens with zero attached hydrogens (tertiary/aromatic N) is 1. The average molecular weight is 206 g/mol. The summed E-state index contributed by atoms with van der Waals surface area (Å²) >= 11 is 5.46. The third-order valence-corrected chi connectivity index (χ3v) is 1.86. The highest BCUT2D eigenvalue weighted by atomic mass is 35.5. The molecule has 76 valence electrons. The number of alkyl halides is 1. The summed E-state index contributed by atoms with van der Waals surface area (Å²) < 4.78 is 0. The van der Waals surface area contributed by atoms with E-state index in [0.717, 1.165) is 0 Å². The van der Waals surface area contributed by atoms with E-state index in [9.17, 15) is 4.79 Å². The van der Waals surface area contributed by atoms with Crippen molar-refractivity contribution in [1.82, 2.24) is 4.90 Å². The van der Waals surface area contributed by atoms with Crippen LogP contribution in [0.4, 0.5) is 0 Å². The molecule has 0 fully saturated rings. The molecule has 0 aliphatic heterocycles. The first-order valence-corrected chi connectivity index (χ1v) is 4.85. The Bertz CT molecular complexity index is 162. The lowest BCUT2D eigenvalue weighted by Crippen LogP contribution is -2.33.